The molecular formula is C19H30N2O. The predicted octanol–water partition coefficient (Wildman–Crippen LogP) is 3.25. The average molecular weight is 302 g/mol. The maximum Gasteiger partial charge on any atom is 0.222 e. The number of rotatable bonds is 8. The Bertz CT molecular complexity index is 426. The van der Waals surface area contributed by atoms with Crippen molar-refractivity contribution in [3.05, 3.63) is 35.9 Å². The van der Waals surface area contributed by atoms with E-state index in [1.54, 1.807) is 0 Å². The smallest absolute Gasteiger partial charge is 0.222 e. The van der Waals surface area contributed by atoms with E-state index in [0.717, 1.165) is 57.7 Å². The highest BCUT2D eigenvalue weighted by Crippen LogP contribution is 2.18. The second kappa shape index (κ2) is 9.62. The number of amides is 1. The summed E-state index contributed by atoms with van der Waals surface area (Å²) >= 11 is 0. The third-order valence-corrected chi connectivity index (χ3v) is 4.70. The fourth-order valence-corrected chi connectivity index (χ4v) is 3.14. The molecule has 0 bridgehead atoms. The molecular weight excluding hydrogens is 272 g/mol. The summed E-state index contributed by atoms with van der Waals surface area (Å²) in [4.78, 5) is 14.1. The Morgan fingerprint density at radius 1 is 1.18 bits per heavy atom. The first-order chi connectivity index (χ1) is 10.8. The van der Waals surface area contributed by atoms with Gasteiger partial charge in [-0.25, -0.2) is 0 Å². The van der Waals surface area contributed by atoms with E-state index in [9.17, 15) is 4.79 Å². The zero-order valence-corrected chi connectivity index (χ0v) is 13.9. The van der Waals surface area contributed by atoms with Crippen molar-refractivity contribution in [2.24, 2.45) is 5.92 Å². The number of benzene rings is 1. The molecule has 1 saturated heterocycles. The number of carbonyl (C=O) groups is 1. The Morgan fingerprint density at radius 3 is 2.64 bits per heavy atom. The Balaban J connectivity index is 1.55. The quantitative estimate of drug-likeness (QED) is 0.748. The number of hydrogen-bond acceptors (Lipinski definition) is 2. The van der Waals surface area contributed by atoms with Gasteiger partial charge in [0.2, 0.25) is 5.91 Å². The molecule has 1 aromatic carbocycles. The fourth-order valence-electron chi connectivity index (χ4n) is 3.14. The van der Waals surface area contributed by atoms with E-state index in [1.165, 1.54) is 18.4 Å². The normalized spacial score (nSPS) is 15.7. The summed E-state index contributed by atoms with van der Waals surface area (Å²) in [7, 11) is 1.95. The van der Waals surface area contributed by atoms with Crippen LogP contribution in [0.1, 0.15) is 44.1 Å². The minimum absolute atomic E-state index is 0.318. The van der Waals surface area contributed by atoms with Gasteiger partial charge in [-0.2, -0.15) is 0 Å². The van der Waals surface area contributed by atoms with Crippen LogP contribution in [-0.4, -0.2) is 37.5 Å². The monoisotopic (exact) mass is 302 g/mol. The number of hydrogen-bond donors (Lipinski definition) is 1. The highest BCUT2D eigenvalue weighted by Gasteiger charge is 2.16. The molecule has 0 aliphatic carbocycles. The second-order valence-corrected chi connectivity index (χ2v) is 6.49. The Morgan fingerprint density at radius 2 is 1.91 bits per heavy atom. The minimum atomic E-state index is 0.318. The zero-order valence-electron chi connectivity index (χ0n) is 13.9. The topological polar surface area (TPSA) is 32.3 Å². The molecule has 0 atom stereocenters. The predicted molar refractivity (Wildman–Crippen MR) is 91.8 cm³/mol. The maximum absolute atomic E-state index is 12.2. The van der Waals surface area contributed by atoms with Crippen LogP contribution in [0.25, 0.3) is 0 Å². The molecule has 22 heavy (non-hydrogen) atoms. The van der Waals surface area contributed by atoms with Gasteiger partial charge in [0, 0.05) is 20.0 Å². The minimum Gasteiger partial charge on any atom is -0.346 e. The third kappa shape index (κ3) is 6.18. The van der Waals surface area contributed by atoms with Crippen molar-refractivity contribution in [2.75, 3.05) is 26.7 Å². The molecule has 1 fully saturated rings. The summed E-state index contributed by atoms with van der Waals surface area (Å²) in [5, 5.41) is 3.38. The van der Waals surface area contributed by atoms with Crippen molar-refractivity contribution in [2.45, 2.75) is 44.9 Å². The molecule has 1 aliphatic heterocycles. The molecule has 0 spiro atoms. The lowest BCUT2D eigenvalue weighted by Crippen LogP contribution is -2.30. The molecule has 1 N–H and O–H groups in total. The summed E-state index contributed by atoms with van der Waals surface area (Å²) in [6, 6.07) is 10.6. The van der Waals surface area contributed by atoms with Gasteiger partial charge in [0.1, 0.15) is 0 Å². The van der Waals surface area contributed by atoms with Gasteiger partial charge < -0.3 is 10.2 Å². The second-order valence-electron chi connectivity index (χ2n) is 6.49. The van der Waals surface area contributed by atoms with Gasteiger partial charge in [0.15, 0.2) is 0 Å². The number of aryl methyl sites for hydroxylation is 1. The van der Waals surface area contributed by atoms with E-state index >= 15 is 0 Å². The summed E-state index contributed by atoms with van der Waals surface area (Å²) in [5.41, 5.74) is 1.39. The summed E-state index contributed by atoms with van der Waals surface area (Å²) < 4.78 is 0. The Hall–Kier alpha value is -1.35. The summed E-state index contributed by atoms with van der Waals surface area (Å²) in [6.07, 6.45) is 7.59. The van der Waals surface area contributed by atoms with Crippen LogP contribution in [0.4, 0.5) is 0 Å². The van der Waals surface area contributed by atoms with Crippen molar-refractivity contribution in [1.29, 1.82) is 0 Å². The molecule has 122 valence electrons. The van der Waals surface area contributed by atoms with Gasteiger partial charge in [-0.1, -0.05) is 30.3 Å². The Kier molecular flexibility index (Phi) is 7.44. The van der Waals surface area contributed by atoms with Gasteiger partial charge >= 0.3 is 0 Å². The highest BCUT2D eigenvalue weighted by molar-refractivity contribution is 5.75. The number of piperidine rings is 1. The lowest BCUT2D eigenvalue weighted by Gasteiger charge is -2.23. The zero-order chi connectivity index (χ0) is 15.6. The van der Waals surface area contributed by atoms with E-state index in [1.807, 2.05) is 11.9 Å². The first-order valence-electron chi connectivity index (χ1n) is 8.74. The SMILES string of the molecule is CN(CCCCc1ccccc1)C(=O)CCC1CCNCC1. The van der Waals surface area contributed by atoms with Crippen LogP contribution in [0.3, 0.4) is 0 Å². The summed E-state index contributed by atoms with van der Waals surface area (Å²) in [5.74, 6) is 1.06. The summed E-state index contributed by atoms with van der Waals surface area (Å²) in [6.45, 7) is 3.13. The molecule has 0 radical (unpaired) electrons. The van der Waals surface area contributed by atoms with E-state index in [4.69, 9.17) is 0 Å². The molecule has 1 aliphatic rings. The first-order valence-corrected chi connectivity index (χ1v) is 8.74. The van der Waals surface area contributed by atoms with Crippen molar-refractivity contribution in [3.8, 4) is 0 Å². The van der Waals surface area contributed by atoms with Gasteiger partial charge in [-0.3, -0.25) is 4.79 Å². The molecule has 1 amide bonds. The lowest BCUT2D eigenvalue weighted by atomic mass is 9.93. The molecule has 1 heterocycles. The molecule has 3 heteroatoms. The van der Waals surface area contributed by atoms with Crippen LogP contribution >= 0.6 is 0 Å². The third-order valence-electron chi connectivity index (χ3n) is 4.70. The molecule has 3 nitrogen and oxygen atoms in total. The number of nitrogens with zero attached hydrogens (tertiary/aromatic N) is 1. The van der Waals surface area contributed by atoms with Crippen molar-refractivity contribution >= 4 is 5.91 Å². The number of carbonyl (C=O) groups excluding carboxylic acids is 1. The fraction of sp³-hybridized carbons (Fsp3) is 0.632. The van der Waals surface area contributed by atoms with Crippen LogP contribution in [0.15, 0.2) is 30.3 Å². The first kappa shape index (κ1) is 17.0. The van der Waals surface area contributed by atoms with Crippen molar-refractivity contribution in [3.63, 3.8) is 0 Å². The van der Waals surface area contributed by atoms with Crippen LogP contribution in [0.5, 0.6) is 0 Å². The molecule has 0 saturated carbocycles. The number of unbranched alkanes of at least 4 members (excludes halogenated alkanes) is 1. The molecule has 0 unspecified atom stereocenters. The van der Waals surface area contributed by atoms with Crippen LogP contribution in [0.2, 0.25) is 0 Å². The van der Waals surface area contributed by atoms with E-state index in [0.29, 0.717) is 5.91 Å². The molecule has 0 aromatic heterocycles. The maximum atomic E-state index is 12.2. The van der Waals surface area contributed by atoms with Gasteiger partial charge in [-0.05, 0) is 63.1 Å². The van der Waals surface area contributed by atoms with E-state index in [2.05, 4.69) is 35.6 Å². The Labute approximate surface area is 135 Å². The van der Waals surface area contributed by atoms with E-state index < -0.39 is 0 Å². The standard InChI is InChI=1S/C19H30N2O/c1-21(16-6-5-9-17-7-3-2-4-8-17)19(22)11-10-18-12-14-20-15-13-18/h2-4,7-8,18,20H,5-6,9-16H2,1H3. The van der Waals surface area contributed by atoms with Crippen molar-refractivity contribution in [1.82, 2.24) is 10.2 Å². The van der Waals surface area contributed by atoms with Crippen molar-refractivity contribution < 1.29 is 4.79 Å². The van der Waals surface area contributed by atoms with Crippen LogP contribution in [-0.2, 0) is 11.2 Å². The lowest BCUT2D eigenvalue weighted by molar-refractivity contribution is -0.130. The average Bonchev–Trinajstić information content (AvgIpc) is 2.58. The molecule has 2 rings (SSSR count). The van der Waals surface area contributed by atoms with Gasteiger partial charge in [-0.15, -0.1) is 0 Å². The highest BCUT2D eigenvalue weighted by atomic mass is 16.2. The van der Waals surface area contributed by atoms with Crippen LogP contribution in [0, 0.1) is 5.92 Å². The van der Waals surface area contributed by atoms with Gasteiger partial charge in [0.05, 0.1) is 0 Å². The number of nitrogens with one attached hydrogen (secondary N) is 1. The molecule has 1 aromatic rings. The van der Waals surface area contributed by atoms with Gasteiger partial charge in [0.25, 0.3) is 0 Å². The largest absolute Gasteiger partial charge is 0.346 e. The van der Waals surface area contributed by atoms with E-state index in [-0.39, 0.29) is 0 Å². The van der Waals surface area contributed by atoms with Crippen LogP contribution < -0.4 is 5.32 Å².